The highest BCUT2D eigenvalue weighted by Gasteiger charge is 2.61. The predicted octanol–water partition coefficient (Wildman–Crippen LogP) is 8.14. The van der Waals surface area contributed by atoms with E-state index in [1.807, 2.05) is 52.0 Å². The average molecular weight is 513 g/mol. The van der Waals surface area contributed by atoms with Crippen molar-refractivity contribution in [1.29, 1.82) is 0 Å². The standard InChI is InChI=1S/C28H34F2N2O2.C3H8/c1-7-10-12-21(23(9-3)19(5)13-20(6)25(33)11-8-2)15-22-17-31-26(14-18(22)4)32-27(34)24-16-28(24,29)30;1-3-2/h8-10,12-15,17,24-25,33H,2,6-7,11,16H2,1,3-5H3,(H,31,32,34);3H2,1-2H3/b12-10+,19-13-,21-15+,23-9+;. The SMILES string of the molecule is C=CCC(O)C(=C)\C=C(C)/C(=C\C)C(/C=C/CC)=C/c1cnc(NC(=O)C2CC2(F)F)cc1C.CCC. The lowest BCUT2D eigenvalue weighted by atomic mass is 9.93. The molecular formula is C31H42F2N2O2. The molecule has 202 valence electrons. The molecule has 4 nitrogen and oxygen atoms in total. The fourth-order valence-electron chi connectivity index (χ4n) is 3.51. The number of nitrogens with zero attached hydrogens (tertiary/aromatic N) is 1. The summed E-state index contributed by atoms with van der Waals surface area (Å²) in [5.74, 6) is -4.64. The summed E-state index contributed by atoms with van der Waals surface area (Å²) in [6.45, 7) is 19.7. The number of hydrogen-bond donors (Lipinski definition) is 2. The zero-order chi connectivity index (χ0) is 28.2. The number of aliphatic hydroxyl groups is 1. The summed E-state index contributed by atoms with van der Waals surface area (Å²) in [6, 6.07) is 1.68. The molecule has 2 rings (SSSR count). The Morgan fingerprint density at radius 2 is 1.97 bits per heavy atom. The lowest BCUT2D eigenvalue weighted by molar-refractivity contribution is -0.119. The maximum Gasteiger partial charge on any atom is 0.260 e. The molecule has 37 heavy (non-hydrogen) atoms. The van der Waals surface area contributed by atoms with Gasteiger partial charge in [-0.3, -0.25) is 4.79 Å². The number of carbonyl (C=O) groups excluding carboxylic acids is 1. The first-order chi connectivity index (χ1) is 17.4. The number of pyridine rings is 1. The summed E-state index contributed by atoms with van der Waals surface area (Å²) in [6.07, 6.45) is 14.6. The summed E-state index contributed by atoms with van der Waals surface area (Å²) in [5.41, 5.74) is 5.16. The molecule has 0 aliphatic heterocycles. The van der Waals surface area contributed by atoms with Gasteiger partial charge < -0.3 is 10.4 Å². The van der Waals surface area contributed by atoms with E-state index < -0.39 is 30.3 Å². The van der Waals surface area contributed by atoms with Gasteiger partial charge in [0.15, 0.2) is 0 Å². The van der Waals surface area contributed by atoms with Crippen molar-refractivity contribution in [3.63, 3.8) is 0 Å². The zero-order valence-corrected chi connectivity index (χ0v) is 23.1. The molecular weight excluding hydrogens is 470 g/mol. The Bertz CT molecular complexity index is 1080. The van der Waals surface area contributed by atoms with Crippen molar-refractivity contribution in [2.75, 3.05) is 5.32 Å². The molecule has 0 spiro atoms. The Hall–Kier alpha value is -3.12. The van der Waals surface area contributed by atoms with Gasteiger partial charge in [-0.1, -0.05) is 64.2 Å². The van der Waals surface area contributed by atoms with E-state index >= 15 is 0 Å². The van der Waals surface area contributed by atoms with Gasteiger partial charge in [0.1, 0.15) is 11.7 Å². The molecule has 0 saturated heterocycles. The highest BCUT2D eigenvalue weighted by molar-refractivity contribution is 5.94. The van der Waals surface area contributed by atoms with Crippen LogP contribution in [0.2, 0.25) is 0 Å². The number of alkyl halides is 2. The maximum atomic E-state index is 13.1. The van der Waals surface area contributed by atoms with Crippen LogP contribution in [0.3, 0.4) is 0 Å². The second-order valence-electron chi connectivity index (χ2n) is 9.20. The Morgan fingerprint density at radius 1 is 1.35 bits per heavy atom. The average Bonchev–Trinajstić information content (AvgIpc) is 3.48. The van der Waals surface area contributed by atoms with Gasteiger partial charge >= 0.3 is 0 Å². The summed E-state index contributed by atoms with van der Waals surface area (Å²) >= 11 is 0. The molecule has 1 aromatic heterocycles. The molecule has 2 atom stereocenters. The molecule has 1 aliphatic carbocycles. The van der Waals surface area contributed by atoms with Crippen molar-refractivity contribution in [2.24, 2.45) is 5.92 Å². The van der Waals surface area contributed by atoms with Crippen LogP contribution < -0.4 is 5.32 Å². The van der Waals surface area contributed by atoms with E-state index in [2.05, 4.69) is 43.4 Å². The minimum atomic E-state index is -2.91. The first-order valence-corrected chi connectivity index (χ1v) is 12.8. The number of carbonyl (C=O) groups is 1. The highest BCUT2D eigenvalue weighted by atomic mass is 19.3. The Balaban J connectivity index is 0.00000217. The van der Waals surface area contributed by atoms with Crippen LogP contribution in [0.15, 0.2) is 78.1 Å². The van der Waals surface area contributed by atoms with Gasteiger partial charge in [0, 0.05) is 12.6 Å². The number of allylic oxidation sites excluding steroid dienone is 6. The van der Waals surface area contributed by atoms with E-state index in [1.54, 1.807) is 18.3 Å². The van der Waals surface area contributed by atoms with Crippen molar-refractivity contribution >= 4 is 17.8 Å². The number of aromatic nitrogens is 1. The normalized spacial score (nSPS) is 18.1. The van der Waals surface area contributed by atoms with E-state index in [4.69, 9.17) is 0 Å². The third-order valence-corrected chi connectivity index (χ3v) is 5.63. The molecule has 1 fully saturated rings. The molecule has 1 heterocycles. The molecule has 1 aromatic rings. The first-order valence-electron chi connectivity index (χ1n) is 12.8. The highest BCUT2D eigenvalue weighted by Crippen LogP contribution is 2.49. The number of nitrogens with one attached hydrogen (secondary N) is 1. The second kappa shape index (κ2) is 15.2. The Kier molecular flexibility index (Phi) is 13.1. The summed E-state index contributed by atoms with van der Waals surface area (Å²) < 4.78 is 26.3. The van der Waals surface area contributed by atoms with Gasteiger partial charge in [0.05, 0.1) is 6.10 Å². The number of rotatable bonds is 11. The third-order valence-electron chi connectivity index (χ3n) is 5.63. The van der Waals surface area contributed by atoms with Gasteiger partial charge in [-0.25, -0.2) is 13.8 Å². The number of halogens is 2. The number of amides is 1. The van der Waals surface area contributed by atoms with E-state index in [1.165, 1.54) is 6.42 Å². The number of aryl methyl sites for hydroxylation is 1. The molecule has 1 saturated carbocycles. The van der Waals surface area contributed by atoms with E-state index in [9.17, 15) is 18.7 Å². The van der Waals surface area contributed by atoms with Crippen molar-refractivity contribution in [3.05, 3.63) is 89.2 Å². The van der Waals surface area contributed by atoms with Crippen LogP contribution in [-0.2, 0) is 4.79 Å². The molecule has 1 amide bonds. The molecule has 0 radical (unpaired) electrons. The van der Waals surface area contributed by atoms with Gasteiger partial charge in [-0.05, 0) is 79.2 Å². The minimum Gasteiger partial charge on any atom is -0.388 e. The fourth-order valence-corrected chi connectivity index (χ4v) is 3.51. The molecule has 2 N–H and O–H groups in total. The molecule has 2 unspecified atom stereocenters. The first kappa shape index (κ1) is 31.9. The van der Waals surface area contributed by atoms with Crippen LogP contribution in [0, 0.1) is 12.8 Å². The Labute approximate surface area is 221 Å². The van der Waals surface area contributed by atoms with E-state index in [0.717, 1.165) is 34.3 Å². The number of hydrogen-bond acceptors (Lipinski definition) is 3. The molecule has 0 bridgehead atoms. The monoisotopic (exact) mass is 512 g/mol. The predicted molar refractivity (Wildman–Crippen MR) is 152 cm³/mol. The van der Waals surface area contributed by atoms with Gasteiger partial charge in [-0.15, -0.1) is 6.58 Å². The van der Waals surface area contributed by atoms with Crippen molar-refractivity contribution in [1.82, 2.24) is 4.98 Å². The second-order valence-corrected chi connectivity index (χ2v) is 9.20. The smallest absolute Gasteiger partial charge is 0.260 e. The minimum absolute atomic E-state index is 0.253. The molecule has 6 heteroatoms. The van der Waals surface area contributed by atoms with Gasteiger partial charge in [0.25, 0.3) is 5.92 Å². The van der Waals surface area contributed by atoms with Crippen molar-refractivity contribution in [2.45, 2.75) is 79.3 Å². The maximum absolute atomic E-state index is 13.1. The topological polar surface area (TPSA) is 62.2 Å². The largest absolute Gasteiger partial charge is 0.388 e. The lowest BCUT2D eigenvalue weighted by Crippen LogP contribution is -2.18. The zero-order valence-electron chi connectivity index (χ0n) is 23.1. The summed E-state index contributed by atoms with van der Waals surface area (Å²) in [5, 5.41) is 12.7. The van der Waals surface area contributed by atoms with Crippen LogP contribution in [0.1, 0.15) is 71.4 Å². The van der Waals surface area contributed by atoms with Crippen LogP contribution in [0.5, 0.6) is 0 Å². The molecule has 0 aromatic carbocycles. The molecule has 1 aliphatic rings. The number of aliphatic hydroxyl groups excluding tert-OH is 1. The van der Waals surface area contributed by atoms with E-state index in [0.29, 0.717) is 12.0 Å². The summed E-state index contributed by atoms with van der Waals surface area (Å²) in [4.78, 5) is 16.2. The van der Waals surface area contributed by atoms with Crippen LogP contribution in [0.25, 0.3) is 6.08 Å². The quantitative estimate of drug-likeness (QED) is 0.232. The van der Waals surface area contributed by atoms with Gasteiger partial charge in [-0.2, -0.15) is 0 Å². The van der Waals surface area contributed by atoms with Crippen LogP contribution in [0.4, 0.5) is 14.6 Å². The van der Waals surface area contributed by atoms with Gasteiger partial charge in [0.2, 0.25) is 5.91 Å². The fraction of sp³-hybridized carbons (Fsp3) is 0.419. The summed E-state index contributed by atoms with van der Waals surface area (Å²) in [7, 11) is 0. The lowest BCUT2D eigenvalue weighted by Gasteiger charge is -2.14. The van der Waals surface area contributed by atoms with Crippen molar-refractivity contribution < 1.29 is 18.7 Å². The van der Waals surface area contributed by atoms with E-state index in [-0.39, 0.29) is 5.82 Å². The van der Waals surface area contributed by atoms with Crippen LogP contribution >= 0.6 is 0 Å². The van der Waals surface area contributed by atoms with Crippen molar-refractivity contribution in [3.8, 4) is 0 Å². The number of anilines is 1. The Morgan fingerprint density at radius 3 is 2.46 bits per heavy atom. The van der Waals surface area contributed by atoms with Crippen LogP contribution in [-0.4, -0.2) is 28.0 Å². The third kappa shape index (κ3) is 10.0.